The van der Waals surface area contributed by atoms with Gasteiger partial charge in [0.25, 0.3) is 0 Å². The SMILES string of the molecule is COc1ccc(NCc2ccccc2C(N)=O)c(OC)c1. The van der Waals surface area contributed by atoms with Crippen LogP contribution in [0.4, 0.5) is 5.69 Å². The maximum Gasteiger partial charge on any atom is 0.249 e. The fourth-order valence-corrected chi connectivity index (χ4v) is 2.05. The fourth-order valence-electron chi connectivity index (χ4n) is 2.05. The quantitative estimate of drug-likeness (QED) is 0.855. The molecule has 0 saturated heterocycles. The number of carbonyl (C=O) groups excluding carboxylic acids is 1. The lowest BCUT2D eigenvalue weighted by atomic mass is 10.1. The van der Waals surface area contributed by atoms with Crippen molar-refractivity contribution in [2.75, 3.05) is 19.5 Å². The van der Waals surface area contributed by atoms with E-state index in [1.807, 2.05) is 24.3 Å². The van der Waals surface area contributed by atoms with E-state index in [-0.39, 0.29) is 0 Å². The zero-order valence-electron chi connectivity index (χ0n) is 12.1. The highest BCUT2D eigenvalue weighted by molar-refractivity contribution is 5.94. The van der Waals surface area contributed by atoms with Crippen LogP contribution < -0.4 is 20.5 Å². The molecule has 3 N–H and O–H groups in total. The predicted molar refractivity (Wildman–Crippen MR) is 81.8 cm³/mol. The minimum absolute atomic E-state index is 0.436. The minimum atomic E-state index is -0.436. The number of methoxy groups -OCH3 is 2. The molecule has 5 heteroatoms. The standard InChI is InChI=1S/C16H18N2O3/c1-20-12-7-8-14(15(9-12)21-2)18-10-11-5-3-4-6-13(11)16(17)19/h3-9,18H,10H2,1-2H3,(H2,17,19). The molecule has 0 unspecified atom stereocenters. The number of benzene rings is 2. The molecule has 0 aliphatic carbocycles. The van der Waals surface area contributed by atoms with Crippen LogP contribution in [0, 0.1) is 0 Å². The summed E-state index contributed by atoms with van der Waals surface area (Å²) in [5.41, 5.74) is 7.53. The summed E-state index contributed by atoms with van der Waals surface area (Å²) >= 11 is 0. The smallest absolute Gasteiger partial charge is 0.249 e. The highest BCUT2D eigenvalue weighted by Crippen LogP contribution is 2.29. The summed E-state index contributed by atoms with van der Waals surface area (Å²) in [6.45, 7) is 0.474. The van der Waals surface area contributed by atoms with Gasteiger partial charge in [-0.1, -0.05) is 18.2 Å². The van der Waals surface area contributed by atoms with Gasteiger partial charge in [0.05, 0.1) is 19.9 Å². The molecule has 0 aliphatic heterocycles. The molecule has 0 atom stereocenters. The molecule has 0 bridgehead atoms. The lowest BCUT2D eigenvalue weighted by molar-refractivity contribution is 0.0999. The number of carbonyl (C=O) groups is 1. The highest BCUT2D eigenvalue weighted by Gasteiger charge is 2.09. The summed E-state index contributed by atoms with van der Waals surface area (Å²) in [5, 5.41) is 3.24. The second kappa shape index (κ2) is 6.65. The molecule has 0 heterocycles. The zero-order chi connectivity index (χ0) is 15.2. The van der Waals surface area contributed by atoms with Crippen molar-refractivity contribution in [1.82, 2.24) is 0 Å². The monoisotopic (exact) mass is 286 g/mol. The Balaban J connectivity index is 2.19. The van der Waals surface area contributed by atoms with E-state index >= 15 is 0 Å². The number of anilines is 1. The highest BCUT2D eigenvalue weighted by atomic mass is 16.5. The lowest BCUT2D eigenvalue weighted by Crippen LogP contribution is -2.15. The summed E-state index contributed by atoms with van der Waals surface area (Å²) in [4.78, 5) is 11.4. The average molecular weight is 286 g/mol. The third-order valence-electron chi connectivity index (χ3n) is 3.16. The molecule has 0 aromatic heterocycles. The van der Waals surface area contributed by atoms with Gasteiger partial charge in [0.15, 0.2) is 0 Å². The Morgan fingerprint density at radius 3 is 2.57 bits per heavy atom. The van der Waals surface area contributed by atoms with Crippen LogP contribution in [0.5, 0.6) is 11.5 Å². The normalized spacial score (nSPS) is 10.0. The summed E-state index contributed by atoms with van der Waals surface area (Å²) in [5.74, 6) is 0.954. The number of hydrogen-bond acceptors (Lipinski definition) is 4. The number of amides is 1. The molecular formula is C16H18N2O3. The van der Waals surface area contributed by atoms with Gasteiger partial charge < -0.3 is 20.5 Å². The van der Waals surface area contributed by atoms with E-state index < -0.39 is 5.91 Å². The number of primary amides is 1. The van der Waals surface area contributed by atoms with E-state index in [4.69, 9.17) is 15.2 Å². The fraction of sp³-hybridized carbons (Fsp3) is 0.188. The lowest BCUT2D eigenvalue weighted by Gasteiger charge is -2.13. The van der Waals surface area contributed by atoms with Crippen LogP contribution in [0.3, 0.4) is 0 Å². The van der Waals surface area contributed by atoms with Gasteiger partial charge in [0, 0.05) is 18.2 Å². The number of hydrogen-bond donors (Lipinski definition) is 2. The topological polar surface area (TPSA) is 73.6 Å². The van der Waals surface area contributed by atoms with Crippen molar-refractivity contribution in [3.05, 3.63) is 53.6 Å². The summed E-state index contributed by atoms with van der Waals surface area (Å²) < 4.78 is 10.5. The first-order valence-corrected chi connectivity index (χ1v) is 6.49. The first kappa shape index (κ1) is 14.7. The van der Waals surface area contributed by atoms with Crippen LogP contribution in [0.25, 0.3) is 0 Å². The van der Waals surface area contributed by atoms with Gasteiger partial charge in [0.2, 0.25) is 5.91 Å². The Morgan fingerprint density at radius 2 is 1.90 bits per heavy atom. The van der Waals surface area contributed by atoms with Gasteiger partial charge in [-0.25, -0.2) is 0 Å². The first-order chi connectivity index (χ1) is 10.2. The van der Waals surface area contributed by atoms with Gasteiger partial charge in [-0.2, -0.15) is 0 Å². The van der Waals surface area contributed by atoms with Crippen LogP contribution in [-0.4, -0.2) is 20.1 Å². The van der Waals surface area contributed by atoms with E-state index in [0.717, 1.165) is 17.0 Å². The molecular weight excluding hydrogens is 268 g/mol. The molecule has 2 rings (SSSR count). The van der Waals surface area contributed by atoms with Gasteiger partial charge in [-0.05, 0) is 23.8 Å². The van der Waals surface area contributed by atoms with Gasteiger partial charge in [0.1, 0.15) is 11.5 Å². The third kappa shape index (κ3) is 3.45. The molecule has 2 aromatic rings. The molecule has 21 heavy (non-hydrogen) atoms. The Hall–Kier alpha value is -2.69. The molecule has 5 nitrogen and oxygen atoms in total. The van der Waals surface area contributed by atoms with Crippen molar-refractivity contribution in [2.24, 2.45) is 5.73 Å². The van der Waals surface area contributed by atoms with Crippen molar-refractivity contribution >= 4 is 11.6 Å². The van der Waals surface area contributed by atoms with Crippen molar-refractivity contribution in [3.8, 4) is 11.5 Å². The Labute approximate surface area is 123 Å². The molecule has 0 fully saturated rings. The summed E-state index contributed by atoms with van der Waals surface area (Å²) in [6, 6.07) is 12.7. The molecule has 2 aromatic carbocycles. The van der Waals surface area contributed by atoms with Crippen LogP contribution in [0.15, 0.2) is 42.5 Å². The van der Waals surface area contributed by atoms with Crippen molar-refractivity contribution in [2.45, 2.75) is 6.54 Å². The molecule has 0 saturated carbocycles. The van der Waals surface area contributed by atoms with Crippen molar-refractivity contribution in [3.63, 3.8) is 0 Å². The molecule has 0 aliphatic rings. The van der Waals surface area contributed by atoms with Gasteiger partial charge in [-0.15, -0.1) is 0 Å². The number of ether oxygens (including phenoxy) is 2. The Bertz CT molecular complexity index is 641. The van der Waals surface area contributed by atoms with Crippen LogP contribution in [0.1, 0.15) is 15.9 Å². The number of nitrogens with one attached hydrogen (secondary N) is 1. The maximum absolute atomic E-state index is 11.4. The van der Waals surface area contributed by atoms with E-state index in [1.165, 1.54) is 0 Å². The summed E-state index contributed by atoms with van der Waals surface area (Å²) in [6.07, 6.45) is 0. The van der Waals surface area contributed by atoms with Gasteiger partial charge in [-0.3, -0.25) is 4.79 Å². The number of rotatable bonds is 6. The number of nitrogens with two attached hydrogens (primary N) is 1. The molecule has 0 radical (unpaired) electrons. The maximum atomic E-state index is 11.4. The molecule has 1 amide bonds. The largest absolute Gasteiger partial charge is 0.497 e. The molecule has 110 valence electrons. The second-order valence-corrected chi connectivity index (χ2v) is 4.44. The zero-order valence-corrected chi connectivity index (χ0v) is 12.1. The predicted octanol–water partition coefficient (Wildman–Crippen LogP) is 2.41. The van der Waals surface area contributed by atoms with Crippen molar-refractivity contribution < 1.29 is 14.3 Å². The Kier molecular flexibility index (Phi) is 4.66. The van der Waals surface area contributed by atoms with Crippen LogP contribution in [0.2, 0.25) is 0 Å². The van der Waals surface area contributed by atoms with Crippen LogP contribution >= 0.6 is 0 Å². The van der Waals surface area contributed by atoms with Crippen LogP contribution in [-0.2, 0) is 6.54 Å². The minimum Gasteiger partial charge on any atom is -0.497 e. The molecule has 0 spiro atoms. The van der Waals surface area contributed by atoms with Gasteiger partial charge >= 0.3 is 0 Å². The average Bonchev–Trinajstić information content (AvgIpc) is 2.52. The third-order valence-corrected chi connectivity index (χ3v) is 3.16. The van der Waals surface area contributed by atoms with E-state index in [2.05, 4.69) is 5.32 Å². The first-order valence-electron chi connectivity index (χ1n) is 6.49. The Morgan fingerprint density at radius 1 is 1.14 bits per heavy atom. The van der Waals surface area contributed by atoms with E-state index in [0.29, 0.717) is 17.9 Å². The van der Waals surface area contributed by atoms with E-state index in [1.54, 1.807) is 32.4 Å². The van der Waals surface area contributed by atoms with Crippen molar-refractivity contribution in [1.29, 1.82) is 0 Å². The second-order valence-electron chi connectivity index (χ2n) is 4.44. The summed E-state index contributed by atoms with van der Waals surface area (Å²) in [7, 11) is 3.20. The van der Waals surface area contributed by atoms with E-state index in [9.17, 15) is 4.79 Å².